The van der Waals surface area contributed by atoms with Crippen molar-refractivity contribution in [2.45, 2.75) is 46.2 Å². The van der Waals surface area contributed by atoms with Crippen molar-refractivity contribution in [3.05, 3.63) is 51.1 Å². The number of pyridine rings is 1. The first kappa shape index (κ1) is 20.7. The summed E-state index contributed by atoms with van der Waals surface area (Å²) >= 11 is 0. The SMILES string of the molecule is Cc1ccc2cc([C@H](c3nnnn3C(C)(C)C)[NH+]3CC[NH+](C)CC3)c(=O)[nH]c2c1C. The maximum atomic E-state index is 13.3. The number of quaternary nitrogens is 2. The molecule has 0 unspecified atom stereocenters. The van der Waals surface area contributed by atoms with Crippen molar-refractivity contribution < 1.29 is 9.80 Å². The van der Waals surface area contributed by atoms with Crippen molar-refractivity contribution in [3.8, 4) is 0 Å². The lowest BCUT2D eigenvalue weighted by Gasteiger charge is -2.33. The van der Waals surface area contributed by atoms with E-state index in [2.05, 4.69) is 74.3 Å². The lowest BCUT2D eigenvalue weighted by atomic mass is 9.99. The second kappa shape index (κ2) is 7.59. The Hall–Kier alpha value is -2.58. The number of hydrogen-bond donors (Lipinski definition) is 3. The number of rotatable bonds is 3. The van der Waals surface area contributed by atoms with Crippen molar-refractivity contribution in [2.24, 2.45) is 0 Å². The molecule has 0 saturated carbocycles. The minimum atomic E-state index is -0.272. The molecule has 1 saturated heterocycles. The average molecular weight is 412 g/mol. The number of hydrogen-bond acceptors (Lipinski definition) is 4. The van der Waals surface area contributed by atoms with Crippen LogP contribution < -0.4 is 15.4 Å². The highest BCUT2D eigenvalue weighted by Crippen LogP contribution is 2.24. The summed E-state index contributed by atoms with van der Waals surface area (Å²) in [4.78, 5) is 19.4. The van der Waals surface area contributed by atoms with Crippen LogP contribution in [0.5, 0.6) is 0 Å². The molecular weight excluding hydrogens is 378 g/mol. The highest BCUT2D eigenvalue weighted by Gasteiger charge is 2.38. The van der Waals surface area contributed by atoms with E-state index in [-0.39, 0.29) is 17.1 Å². The second-order valence-corrected chi connectivity index (χ2v) is 9.69. The van der Waals surface area contributed by atoms with Gasteiger partial charge in [-0.1, -0.05) is 12.1 Å². The van der Waals surface area contributed by atoms with Gasteiger partial charge in [0, 0.05) is 0 Å². The van der Waals surface area contributed by atoms with Crippen molar-refractivity contribution in [1.29, 1.82) is 0 Å². The Morgan fingerprint density at radius 1 is 1.13 bits per heavy atom. The molecule has 8 nitrogen and oxygen atoms in total. The molecule has 0 amide bonds. The summed E-state index contributed by atoms with van der Waals surface area (Å²) in [6.45, 7) is 14.4. The number of aromatic nitrogens is 5. The third kappa shape index (κ3) is 3.65. The first-order chi connectivity index (χ1) is 14.2. The van der Waals surface area contributed by atoms with E-state index < -0.39 is 0 Å². The van der Waals surface area contributed by atoms with Crippen LogP contribution >= 0.6 is 0 Å². The largest absolute Gasteiger partial charge is 0.328 e. The minimum Gasteiger partial charge on any atom is -0.328 e. The third-order valence-electron chi connectivity index (χ3n) is 6.43. The Morgan fingerprint density at radius 3 is 2.50 bits per heavy atom. The maximum Gasteiger partial charge on any atom is 0.258 e. The molecular formula is C22H33N7O+2. The van der Waals surface area contributed by atoms with Crippen molar-refractivity contribution in [3.63, 3.8) is 0 Å². The van der Waals surface area contributed by atoms with Gasteiger partial charge in [0.2, 0.25) is 5.82 Å². The molecule has 3 aromatic rings. The van der Waals surface area contributed by atoms with Crippen LogP contribution in [0.4, 0.5) is 0 Å². The van der Waals surface area contributed by atoms with Gasteiger partial charge in [-0.15, -0.1) is 5.10 Å². The van der Waals surface area contributed by atoms with Gasteiger partial charge in [0.1, 0.15) is 26.2 Å². The van der Waals surface area contributed by atoms with Gasteiger partial charge in [-0.2, -0.15) is 0 Å². The van der Waals surface area contributed by atoms with Crippen LogP contribution in [-0.4, -0.2) is 58.4 Å². The molecule has 1 aliphatic rings. The number of likely N-dealkylation sites (N-methyl/N-ethyl adjacent to an activating group) is 1. The van der Waals surface area contributed by atoms with Gasteiger partial charge < -0.3 is 14.8 Å². The molecule has 4 rings (SSSR count). The fraction of sp³-hybridized carbons (Fsp3) is 0.545. The van der Waals surface area contributed by atoms with Crippen LogP contribution in [-0.2, 0) is 5.54 Å². The molecule has 8 heteroatoms. The van der Waals surface area contributed by atoms with E-state index in [9.17, 15) is 4.79 Å². The molecule has 1 aromatic carbocycles. The highest BCUT2D eigenvalue weighted by atomic mass is 16.1. The molecule has 1 aliphatic heterocycles. The quantitative estimate of drug-likeness (QED) is 0.537. The molecule has 0 spiro atoms. The minimum absolute atomic E-state index is 0.0524. The van der Waals surface area contributed by atoms with Gasteiger partial charge in [-0.05, 0) is 67.6 Å². The van der Waals surface area contributed by atoms with E-state index in [0.717, 1.165) is 54.0 Å². The number of nitrogens with zero attached hydrogens (tertiary/aromatic N) is 4. The van der Waals surface area contributed by atoms with E-state index in [1.165, 1.54) is 15.4 Å². The molecule has 0 aliphatic carbocycles. The summed E-state index contributed by atoms with van der Waals surface area (Å²) in [5.74, 6) is 0.755. The van der Waals surface area contributed by atoms with Crippen LogP contribution in [0.15, 0.2) is 23.0 Å². The van der Waals surface area contributed by atoms with Gasteiger partial charge in [0.15, 0.2) is 6.04 Å². The predicted molar refractivity (Wildman–Crippen MR) is 116 cm³/mol. The molecule has 160 valence electrons. The Morgan fingerprint density at radius 2 is 1.83 bits per heavy atom. The number of piperazine rings is 1. The topological polar surface area (TPSA) is 85.3 Å². The second-order valence-electron chi connectivity index (χ2n) is 9.69. The third-order valence-corrected chi connectivity index (χ3v) is 6.43. The summed E-state index contributed by atoms with van der Waals surface area (Å²) in [6.07, 6.45) is 0. The Labute approximate surface area is 176 Å². The molecule has 0 radical (unpaired) electrons. The van der Waals surface area contributed by atoms with Gasteiger partial charge in [0.05, 0.1) is 23.7 Å². The van der Waals surface area contributed by atoms with E-state index in [4.69, 9.17) is 0 Å². The lowest BCUT2D eigenvalue weighted by Crippen LogP contribution is -3.27. The maximum absolute atomic E-state index is 13.3. The summed E-state index contributed by atoms with van der Waals surface area (Å²) in [5.41, 5.74) is 3.61. The molecule has 1 atom stereocenters. The predicted octanol–water partition coefficient (Wildman–Crippen LogP) is -0.611. The summed E-state index contributed by atoms with van der Waals surface area (Å²) in [7, 11) is 2.22. The van der Waals surface area contributed by atoms with Crippen LogP contribution in [0, 0.1) is 13.8 Å². The zero-order chi connectivity index (χ0) is 21.6. The number of benzene rings is 1. The monoisotopic (exact) mass is 411 g/mol. The molecule has 2 aromatic heterocycles. The van der Waals surface area contributed by atoms with Crippen molar-refractivity contribution in [2.75, 3.05) is 33.2 Å². The van der Waals surface area contributed by atoms with E-state index in [1.54, 1.807) is 0 Å². The molecule has 30 heavy (non-hydrogen) atoms. The number of aromatic amines is 1. The molecule has 3 N–H and O–H groups in total. The van der Waals surface area contributed by atoms with Gasteiger partial charge in [-0.3, -0.25) is 4.79 Å². The number of nitrogens with one attached hydrogen (secondary N) is 3. The summed E-state index contributed by atoms with van der Waals surface area (Å²) in [6, 6.07) is 6.04. The molecule has 0 bridgehead atoms. The normalized spacial score (nSPS) is 21.1. The smallest absolute Gasteiger partial charge is 0.258 e. The van der Waals surface area contributed by atoms with E-state index in [1.807, 2.05) is 10.7 Å². The number of tetrazole rings is 1. The van der Waals surface area contributed by atoms with Crippen LogP contribution in [0.3, 0.4) is 0 Å². The number of fused-ring (bicyclic) bond motifs is 1. The fourth-order valence-corrected chi connectivity index (χ4v) is 4.44. The fourth-order valence-electron chi connectivity index (χ4n) is 4.44. The van der Waals surface area contributed by atoms with Gasteiger partial charge >= 0.3 is 0 Å². The van der Waals surface area contributed by atoms with E-state index in [0.29, 0.717) is 0 Å². The molecule has 3 heterocycles. The number of aryl methyl sites for hydroxylation is 2. The highest BCUT2D eigenvalue weighted by molar-refractivity contribution is 5.83. The zero-order valence-electron chi connectivity index (χ0n) is 18.8. The van der Waals surface area contributed by atoms with Crippen molar-refractivity contribution >= 4 is 10.9 Å². The van der Waals surface area contributed by atoms with Crippen molar-refractivity contribution in [1.82, 2.24) is 25.2 Å². The van der Waals surface area contributed by atoms with Gasteiger partial charge in [0.25, 0.3) is 5.56 Å². The average Bonchev–Trinajstić information content (AvgIpc) is 3.17. The first-order valence-electron chi connectivity index (χ1n) is 10.7. The summed E-state index contributed by atoms with van der Waals surface area (Å²) in [5, 5.41) is 13.8. The van der Waals surface area contributed by atoms with Crippen LogP contribution in [0.2, 0.25) is 0 Å². The first-order valence-corrected chi connectivity index (χ1v) is 10.7. The van der Waals surface area contributed by atoms with E-state index >= 15 is 0 Å². The lowest BCUT2D eigenvalue weighted by molar-refractivity contribution is -1.02. The summed E-state index contributed by atoms with van der Waals surface area (Å²) < 4.78 is 1.87. The Balaban J connectivity index is 1.91. The Bertz CT molecular complexity index is 1120. The zero-order valence-corrected chi connectivity index (χ0v) is 18.8. The number of H-pyrrole nitrogens is 1. The molecule has 1 fully saturated rings. The van der Waals surface area contributed by atoms with Crippen LogP contribution in [0.25, 0.3) is 10.9 Å². The van der Waals surface area contributed by atoms with Gasteiger partial charge in [-0.25, -0.2) is 4.68 Å². The standard InChI is InChI=1S/C22H31N7O/c1-14-7-8-16-13-17(21(30)23-18(16)15(14)2)19(28-11-9-27(6)10-12-28)20-24-25-26-29(20)22(3,4)5/h7-8,13,19H,9-12H2,1-6H3,(H,23,30)/p+2/t19-/m1/s1. The Kier molecular flexibility index (Phi) is 5.23. The van der Waals surface area contributed by atoms with Crippen LogP contribution in [0.1, 0.15) is 49.3 Å².